The number of nitrogens with one attached hydrogen (secondary N) is 1. The van der Waals surface area contributed by atoms with Gasteiger partial charge in [-0.3, -0.25) is 0 Å². The number of hydrogen-bond acceptors (Lipinski definition) is 3. The molecule has 1 atom stereocenters. The van der Waals surface area contributed by atoms with Crippen LogP contribution in [0.1, 0.15) is 18.1 Å². The molecule has 118 valence electrons. The molecule has 0 aliphatic heterocycles. The van der Waals surface area contributed by atoms with Crippen molar-refractivity contribution in [3.8, 4) is 0 Å². The van der Waals surface area contributed by atoms with E-state index in [1.165, 1.54) is 0 Å². The summed E-state index contributed by atoms with van der Waals surface area (Å²) in [5, 5.41) is 10.8. The van der Waals surface area contributed by atoms with Gasteiger partial charge >= 0.3 is 0 Å². The van der Waals surface area contributed by atoms with Gasteiger partial charge in [0.15, 0.2) is 0 Å². The first kappa shape index (κ1) is 17.0. The van der Waals surface area contributed by atoms with Crippen molar-refractivity contribution in [1.29, 1.82) is 0 Å². The van der Waals surface area contributed by atoms with Crippen LogP contribution >= 0.6 is 11.6 Å². The zero-order valence-corrected chi connectivity index (χ0v) is 13.7. The molecule has 0 radical (unpaired) electrons. The van der Waals surface area contributed by atoms with E-state index < -0.39 is 15.6 Å². The van der Waals surface area contributed by atoms with E-state index in [9.17, 15) is 13.5 Å². The molecule has 0 aromatic heterocycles. The average molecular weight is 340 g/mol. The minimum atomic E-state index is -3.59. The molecule has 0 fully saturated rings. The Kier molecular flexibility index (Phi) is 5.24. The Labute approximate surface area is 135 Å². The third-order valence-corrected chi connectivity index (χ3v) is 4.98. The SMILES string of the molecule is CC(O)(CNS(=O)(=O)Cc1ccccc1Cl)c1ccccc1. The quantitative estimate of drug-likeness (QED) is 0.850. The van der Waals surface area contributed by atoms with E-state index in [1.54, 1.807) is 55.5 Å². The van der Waals surface area contributed by atoms with Gasteiger partial charge in [0.25, 0.3) is 0 Å². The van der Waals surface area contributed by atoms with Crippen LogP contribution in [0.2, 0.25) is 5.02 Å². The van der Waals surface area contributed by atoms with Crippen molar-refractivity contribution in [3.63, 3.8) is 0 Å². The van der Waals surface area contributed by atoms with Crippen LogP contribution in [0.25, 0.3) is 0 Å². The van der Waals surface area contributed by atoms with Gasteiger partial charge in [0.2, 0.25) is 10.0 Å². The first-order valence-electron chi connectivity index (χ1n) is 6.79. The highest BCUT2D eigenvalue weighted by atomic mass is 35.5. The summed E-state index contributed by atoms with van der Waals surface area (Å²) in [6.45, 7) is 1.46. The van der Waals surface area contributed by atoms with Crippen molar-refractivity contribution in [2.24, 2.45) is 0 Å². The molecule has 2 rings (SSSR count). The minimum absolute atomic E-state index is 0.107. The second kappa shape index (κ2) is 6.79. The monoisotopic (exact) mass is 339 g/mol. The summed E-state index contributed by atoms with van der Waals surface area (Å²) in [6.07, 6.45) is 0. The topological polar surface area (TPSA) is 66.4 Å². The molecule has 6 heteroatoms. The van der Waals surface area contributed by atoms with Gasteiger partial charge in [-0.1, -0.05) is 60.1 Å². The summed E-state index contributed by atoms with van der Waals surface area (Å²) < 4.78 is 26.7. The van der Waals surface area contributed by atoms with E-state index in [4.69, 9.17) is 11.6 Å². The zero-order chi connectivity index (χ0) is 16.2. The van der Waals surface area contributed by atoms with Crippen LogP contribution in [0.3, 0.4) is 0 Å². The first-order valence-corrected chi connectivity index (χ1v) is 8.82. The average Bonchev–Trinajstić information content (AvgIpc) is 2.49. The van der Waals surface area contributed by atoms with Crippen LogP contribution in [0.15, 0.2) is 54.6 Å². The molecule has 2 aromatic carbocycles. The molecule has 2 aromatic rings. The third kappa shape index (κ3) is 4.55. The number of sulfonamides is 1. The van der Waals surface area contributed by atoms with Gasteiger partial charge < -0.3 is 5.11 Å². The predicted molar refractivity (Wildman–Crippen MR) is 88.1 cm³/mol. The fourth-order valence-corrected chi connectivity index (χ4v) is 3.57. The fourth-order valence-electron chi connectivity index (χ4n) is 2.02. The van der Waals surface area contributed by atoms with Crippen molar-refractivity contribution in [2.45, 2.75) is 18.3 Å². The molecule has 1 unspecified atom stereocenters. The molecule has 2 N–H and O–H groups in total. The Morgan fingerprint density at radius 3 is 2.32 bits per heavy atom. The van der Waals surface area contributed by atoms with Gasteiger partial charge in [-0.05, 0) is 24.1 Å². The number of halogens is 1. The van der Waals surface area contributed by atoms with Crippen molar-refractivity contribution < 1.29 is 13.5 Å². The molecule has 0 spiro atoms. The molecule has 0 saturated carbocycles. The molecular formula is C16H18ClNO3S. The van der Waals surface area contributed by atoms with E-state index in [0.717, 1.165) is 0 Å². The van der Waals surface area contributed by atoms with Crippen molar-refractivity contribution in [1.82, 2.24) is 4.72 Å². The van der Waals surface area contributed by atoms with Gasteiger partial charge in [0.1, 0.15) is 5.60 Å². The second-order valence-corrected chi connectivity index (χ2v) is 7.53. The Morgan fingerprint density at radius 2 is 1.68 bits per heavy atom. The van der Waals surface area contributed by atoms with Gasteiger partial charge in [-0.15, -0.1) is 0 Å². The minimum Gasteiger partial charge on any atom is -0.384 e. The Morgan fingerprint density at radius 1 is 1.09 bits per heavy atom. The molecular weight excluding hydrogens is 322 g/mol. The summed E-state index contributed by atoms with van der Waals surface area (Å²) in [4.78, 5) is 0. The summed E-state index contributed by atoms with van der Waals surface area (Å²) in [7, 11) is -3.59. The van der Waals surface area contributed by atoms with Crippen LogP contribution in [0, 0.1) is 0 Å². The van der Waals surface area contributed by atoms with E-state index in [2.05, 4.69) is 4.72 Å². The van der Waals surface area contributed by atoms with Crippen LogP contribution in [0.4, 0.5) is 0 Å². The van der Waals surface area contributed by atoms with Crippen LogP contribution in [-0.4, -0.2) is 20.1 Å². The van der Waals surface area contributed by atoms with Crippen molar-refractivity contribution >= 4 is 21.6 Å². The highest BCUT2D eigenvalue weighted by molar-refractivity contribution is 7.88. The maximum atomic E-state index is 12.1. The van der Waals surface area contributed by atoms with E-state index in [1.807, 2.05) is 6.07 Å². The lowest BCUT2D eigenvalue weighted by Gasteiger charge is -2.24. The molecule has 0 bridgehead atoms. The lowest BCUT2D eigenvalue weighted by molar-refractivity contribution is 0.0627. The number of aliphatic hydroxyl groups is 1. The standard InChI is InChI=1S/C16H18ClNO3S/c1-16(19,14-8-3-2-4-9-14)12-18-22(20,21)11-13-7-5-6-10-15(13)17/h2-10,18-19H,11-12H2,1H3. The molecule has 0 aliphatic rings. The third-order valence-electron chi connectivity index (χ3n) is 3.34. The van der Waals surface area contributed by atoms with Crippen molar-refractivity contribution in [2.75, 3.05) is 6.54 Å². The number of benzene rings is 2. The Bertz CT molecular complexity index is 730. The lowest BCUT2D eigenvalue weighted by atomic mass is 9.97. The van der Waals surface area contributed by atoms with Crippen molar-refractivity contribution in [3.05, 3.63) is 70.7 Å². The lowest BCUT2D eigenvalue weighted by Crippen LogP contribution is -2.39. The van der Waals surface area contributed by atoms with E-state index >= 15 is 0 Å². The summed E-state index contributed by atoms with van der Waals surface area (Å²) in [5.41, 5.74) is -0.110. The summed E-state index contributed by atoms with van der Waals surface area (Å²) >= 11 is 5.97. The number of hydrogen-bond donors (Lipinski definition) is 2. The predicted octanol–water partition coefficient (Wildman–Crippen LogP) is 2.67. The highest BCUT2D eigenvalue weighted by Gasteiger charge is 2.25. The first-order chi connectivity index (χ1) is 10.3. The van der Waals surface area contributed by atoms with E-state index in [0.29, 0.717) is 16.1 Å². The van der Waals surface area contributed by atoms with Gasteiger partial charge in [0, 0.05) is 11.6 Å². The maximum absolute atomic E-state index is 12.1. The normalized spacial score (nSPS) is 14.5. The van der Waals surface area contributed by atoms with E-state index in [-0.39, 0.29) is 12.3 Å². The van der Waals surface area contributed by atoms with Crippen LogP contribution < -0.4 is 4.72 Å². The largest absolute Gasteiger partial charge is 0.384 e. The smallest absolute Gasteiger partial charge is 0.215 e. The zero-order valence-electron chi connectivity index (χ0n) is 12.2. The highest BCUT2D eigenvalue weighted by Crippen LogP contribution is 2.21. The second-order valence-electron chi connectivity index (χ2n) is 5.31. The maximum Gasteiger partial charge on any atom is 0.215 e. The van der Waals surface area contributed by atoms with Crippen LogP contribution in [-0.2, 0) is 21.4 Å². The Balaban J connectivity index is 2.05. The number of rotatable bonds is 6. The molecule has 22 heavy (non-hydrogen) atoms. The van der Waals surface area contributed by atoms with Crippen LogP contribution in [0.5, 0.6) is 0 Å². The summed E-state index contributed by atoms with van der Waals surface area (Å²) in [5.74, 6) is -0.225. The summed E-state index contributed by atoms with van der Waals surface area (Å²) in [6, 6.07) is 15.7. The fraction of sp³-hybridized carbons (Fsp3) is 0.250. The molecule has 0 amide bonds. The van der Waals surface area contributed by atoms with Gasteiger partial charge in [-0.2, -0.15) is 0 Å². The molecule has 0 heterocycles. The molecule has 0 saturated heterocycles. The van der Waals surface area contributed by atoms with Gasteiger partial charge in [-0.25, -0.2) is 13.1 Å². The molecule has 0 aliphatic carbocycles. The Hall–Kier alpha value is -1.40. The van der Waals surface area contributed by atoms with Gasteiger partial charge in [0.05, 0.1) is 5.75 Å². The molecule has 4 nitrogen and oxygen atoms in total.